The van der Waals surface area contributed by atoms with Crippen LogP contribution in [0.15, 0.2) is 122 Å². The van der Waals surface area contributed by atoms with E-state index in [-0.39, 0.29) is 23.9 Å². The molecule has 6 heterocycles. The topological polar surface area (TPSA) is 154 Å². The van der Waals surface area contributed by atoms with Crippen molar-refractivity contribution in [3.63, 3.8) is 0 Å². The fourth-order valence-electron chi connectivity index (χ4n) is 7.91. The zero-order valence-electron chi connectivity index (χ0n) is 32.3. The molecule has 2 unspecified atom stereocenters. The van der Waals surface area contributed by atoms with Crippen LogP contribution >= 0.6 is 21.6 Å². The zero-order chi connectivity index (χ0) is 39.8. The van der Waals surface area contributed by atoms with Crippen molar-refractivity contribution < 1.29 is 9.59 Å². The van der Waals surface area contributed by atoms with Crippen LogP contribution in [0.1, 0.15) is 47.4 Å². The molecular formula is C44H48N10O2S2. The SMILES string of the molecule is N[C@@H](CSSC[C@H](N)C(=O)N1CCn2nc(-c3ccccn3)cc2C1CCc1ccccc1)C(=O)N1CCn2nc(-c3ccccn3)cc2C1CCc1ccccc1. The monoisotopic (exact) mass is 812 g/mol. The molecule has 298 valence electrons. The molecule has 4 atom stereocenters. The number of nitrogens with zero attached hydrogens (tertiary/aromatic N) is 8. The first-order valence-corrected chi connectivity index (χ1v) is 22.3. The molecule has 2 amide bonds. The van der Waals surface area contributed by atoms with Gasteiger partial charge in [0.05, 0.1) is 60.0 Å². The van der Waals surface area contributed by atoms with Gasteiger partial charge in [0.2, 0.25) is 11.8 Å². The Morgan fingerprint density at radius 3 is 1.38 bits per heavy atom. The summed E-state index contributed by atoms with van der Waals surface area (Å²) in [5.74, 6) is 0.608. The van der Waals surface area contributed by atoms with Gasteiger partial charge in [-0.15, -0.1) is 0 Å². The number of pyridine rings is 2. The standard InChI is InChI=1S/C44H48N10O2S2/c45-33(43(55)51-23-25-53-41(27-37(49-53)35-15-7-9-21-47-35)39(51)19-17-31-11-3-1-4-12-31)29-57-58-30-34(46)44(56)52-24-26-54-42(28-38(50-54)36-16-8-10-22-48-36)40(52)20-18-32-13-5-2-6-14-32/h1-16,21-22,27-28,33-34,39-40H,17-20,23-26,29-30,45-46H2/t33-,34-,39?,40?/m0/s1. The van der Waals surface area contributed by atoms with Crippen molar-refractivity contribution in [2.75, 3.05) is 24.6 Å². The molecule has 0 saturated heterocycles. The quantitative estimate of drug-likeness (QED) is 0.0937. The average Bonchev–Trinajstić information content (AvgIpc) is 3.92. The Bertz CT molecular complexity index is 2110. The molecule has 14 heteroatoms. The minimum Gasteiger partial charge on any atom is -0.331 e. The van der Waals surface area contributed by atoms with Crippen LogP contribution in [0, 0.1) is 0 Å². The van der Waals surface area contributed by atoms with Gasteiger partial charge in [0.1, 0.15) is 11.4 Å². The molecule has 6 aromatic rings. The van der Waals surface area contributed by atoms with Gasteiger partial charge >= 0.3 is 0 Å². The van der Waals surface area contributed by atoms with Crippen molar-refractivity contribution in [2.24, 2.45) is 11.5 Å². The molecule has 0 saturated carbocycles. The normalized spacial score (nSPS) is 17.3. The number of aryl methyl sites for hydroxylation is 2. The van der Waals surface area contributed by atoms with Gasteiger partial charge in [-0.2, -0.15) is 10.2 Å². The van der Waals surface area contributed by atoms with Gasteiger partial charge in [0, 0.05) is 37.0 Å². The van der Waals surface area contributed by atoms with E-state index >= 15 is 0 Å². The van der Waals surface area contributed by atoms with Crippen molar-refractivity contribution in [2.45, 2.75) is 62.9 Å². The van der Waals surface area contributed by atoms with E-state index in [1.165, 1.54) is 32.7 Å². The van der Waals surface area contributed by atoms with E-state index in [0.29, 0.717) is 37.7 Å². The lowest BCUT2D eigenvalue weighted by atomic mass is 9.99. The van der Waals surface area contributed by atoms with E-state index < -0.39 is 12.1 Å². The number of amides is 2. The first-order valence-electron chi connectivity index (χ1n) is 19.9. The van der Waals surface area contributed by atoms with Crippen molar-refractivity contribution in [3.8, 4) is 22.8 Å². The highest BCUT2D eigenvalue weighted by molar-refractivity contribution is 8.76. The maximum atomic E-state index is 14.1. The Morgan fingerprint density at radius 2 is 0.983 bits per heavy atom. The fraction of sp³-hybridized carbons (Fsp3) is 0.318. The third kappa shape index (κ3) is 9.05. The number of hydrogen-bond donors (Lipinski definition) is 2. The maximum absolute atomic E-state index is 14.1. The van der Waals surface area contributed by atoms with Crippen LogP contribution in [0.5, 0.6) is 0 Å². The predicted octanol–water partition coefficient (Wildman–Crippen LogP) is 5.97. The average molecular weight is 813 g/mol. The smallest absolute Gasteiger partial charge is 0.241 e. The number of benzene rings is 2. The van der Waals surface area contributed by atoms with Crippen LogP contribution in [0.3, 0.4) is 0 Å². The lowest BCUT2D eigenvalue weighted by molar-refractivity contribution is -0.136. The van der Waals surface area contributed by atoms with E-state index in [4.69, 9.17) is 21.7 Å². The largest absolute Gasteiger partial charge is 0.331 e. The second-order valence-electron chi connectivity index (χ2n) is 14.7. The van der Waals surface area contributed by atoms with Crippen LogP contribution in [0.4, 0.5) is 0 Å². The van der Waals surface area contributed by atoms with E-state index in [1.807, 2.05) is 92.0 Å². The molecular weight excluding hydrogens is 765 g/mol. The number of nitrogens with two attached hydrogens (primary N) is 2. The Kier molecular flexibility index (Phi) is 12.6. The van der Waals surface area contributed by atoms with Crippen molar-refractivity contribution in [3.05, 3.63) is 144 Å². The van der Waals surface area contributed by atoms with Gasteiger partial charge in [-0.05, 0) is 73.2 Å². The highest BCUT2D eigenvalue weighted by Gasteiger charge is 2.36. The summed E-state index contributed by atoms with van der Waals surface area (Å²) in [5, 5.41) is 9.74. The molecule has 0 bridgehead atoms. The van der Waals surface area contributed by atoms with E-state index in [9.17, 15) is 9.59 Å². The molecule has 0 radical (unpaired) electrons. The molecule has 4 N–H and O–H groups in total. The number of carbonyl (C=O) groups excluding carboxylic acids is 2. The third-order valence-corrected chi connectivity index (χ3v) is 13.4. The minimum atomic E-state index is -0.716. The first kappa shape index (κ1) is 39.5. The van der Waals surface area contributed by atoms with Gasteiger partial charge in [0.15, 0.2) is 0 Å². The Morgan fingerprint density at radius 1 is 0.569 bits per heavy atom. The molecule has 58 heavy (non-hydrogen) atoms. The van der Waals surface area contributed by atoms with Crippen LogP contribution < -0.4 is 11.5 Å². The molecule has 2 aromatic carbocycles. The fourth-order valence-corrected chi connectivity index (χ4v) is 10.1. The van der Waals surface area contributed by atoms with Crippen LogP contribution in [0.25, 0.3) is 22.8 Å². The summed E-state index contributed by atoms with van der Waals surface area (Å²) < 4.78 is 4.03. The summed E-state index contributed by atoms with van der Waals surface area (Å²) in [6, 6.07) is 34.6. The highest BCUT2D eigenvalue weighted by atomic mass is 33.1. The summed E-state index contributed by atoms with van der Waals surface area (Å²) in [6.45, 7) is 2.19. The molecule has 2 aliphatic heterocycles. The first-order chi connectivity index (χ1) is 28.4. The molecule has 0 fully saturated rings. The van der Waals surface area contributed by atoms with E-state index in [0.717, 1.165) is 59.8 Å². The lowest BCUT2D eigenvalue weighted by Gasteiger charge is -2.38. The van der Waals surface area contributed by atoms with Crippen LogP contribution in [0.2, 0.25) is 0 Å². The molecule has 0 spiro atoms. The Labute approximate surface area is 346 Å². The number of hydrogen-bond acceptors (Lipinski definition) is 10. The lowest BCUT2D eigenvalue weighted by Crippen LogP contribution is -2.50. The van der Waals surface area contributed by atoms with Gasteiger partial charge < -0.3 is 21.3 Å². The maximum Gasteiger partial charge on any atom is 0.241 e. The number of fused-ring (bicyclic) bond motifs is 2. The number of carbonyl (C=O) groups is 2. The third-order valence-electron chi connectivity index (χ3n) is 10.9. The van der Waals surface area contributed by atoms with Crippen molar-refractivity contribution >= 4 is 33.4 Å². The van der Waals surface area contributed by atoms with Crippen LogP contribution in [-0.2, 0) is 35.5 Å². The molecule has 2 aliphatic rings. The molecule has 0 aliphatic carbocycles. The van der Waals surface area contributed by atoms with Gasteiger partial charge in [-0.3, -0.25) is 28.9 Å². The molecule has 8 rings (SSSR count). The van der Waals surface area contributed by atoms with Crippen molar-refractivity contribution in [1.29, 1.82) is 0 Å². The van der Waals surface area contributed by atoms with Gasteiger partial charge in [-0.25, -0.2) is 0 Å². The second-order valence-corrected chi connectivity index (χ2v) is 17.3. The Balaban J connectivity index is 0.898. The minimum absolute atomic E-state index is 0.0883. The second kappa shape index (κ2) is 18.5. The number of aromatic nitrogens is 6. The van der Waals surface area contributed by atoms with E-state index in [2.05, 4.69) is 46.4 Å². The van der Waals surface area contributed by atoms with Crippen LogP contribution in [-0.4, -0.2) is 87.8 Å². The summed E-state index contributed by atoms with van der Waals surface area (Å²) >= 11 is 0. The van der Waals surface area contributed by atoms with E-state index in [1.54, 1.807) is 12.4 Å². The molecule has 4 aromatic heterocycles. The summed E-state index contributed by atoms with van der Waals surface area (Å²) in [7, 11) is 2.98. The Hall–Kier alpha value is -5.28. The predicted molar refractivity (Wildman–Crippen MR) is 230 cm³/mol. The zero-order valence-corrected chi connectivity index (χ0v) is 33.9. The molecule has 12 nitrogen and oxygen atoms in total. The van der Waals surface area contributed by atoms with Crippen molar-refractivity contribution in [1.82, 2.24) is 39.3 Å². The van der Waals surface area contributed by atoms with Gasteiger partial charge in [-0.1, -0.05) is 94.4 Å². The summed E-state index contributed by atoms with van der Waals surface area (Å²) in [6.07, 6.45) is 6.62. The number of rotatable bonds is 15. The highest BCUT2D eigenvalue weighted by Crippen LogP contribution is 2.35. The summed E-state index contributed by atoms with van der Waals surface area (Å²) in [4.78, 5) is 41.0. The van der Waals surface area contributed by atoms with Gasteiger partial charge in [0.25, 0.3) is 0 Å². The summed E-state index contributed by atoms with van der Waals surface area (Å²) in [5.41, 5.74) is 20.9.